The SMILES string of the molecule is COc1cc(Cl)ccc1-c1nc(-c2ccc3c(c2)CN(C2CCC(=O)NC2=O)C3=O)cn1C. The van der Waals surface area contributed by atoms with Gasteiger partial charge >= 0.3 is 0 Å². The van der Waals surface area contributed by atoms with E-state index in [4.69, 9.17) is 21.3 Å². The van der Waals surface area contributed by atoms with E-state index in [1.54, 1.807) is 30.2 Å². The Morgan fingerprint density at radius 2 is 1.91 bits per heavy atom. The molecule has 3 aromatic rings. The zero-order chi connectivity index (χ0) is 23.3. The summed E-state index contributed by atoms with van der Waals surface area (Å²) >= 11 is 6.09. The highest BCUT2D eigenvalue weighted by Gasteiger charge is 2.39. The van der Waals surface area contributed by atoms with Crippen molar-refractivity contribution in [3.63, 3.8) is 0 Å². The molecule has 1 N–H and O–H groups in total. The molecule has 2 aliphatic rings. The van der Waals surface area contributed by atoms with Gasteiger partial charge < -0.3 is 14.2 Å². The zero-order valence-corrected chi connectivity index (χ0v) is 18.8. The number of ether oxygens (including phenoxy) is 1. The minimum atomic E-state index is -0.634. The average molecular weight is 465 g/mol. The van der Waals surface area contributed by atoms with Crippen LogP contribution >= 0.6 is 11.6 Å². The smallest absolute Gasteiger partial charge is 0.255 e. The fourth-order valence-corrected chi connectivity index (χ4v) is 4.60. The van der Waals surface area contributed by atoms with Gasteiger partial charge in [-0.05, 0) is 42.3 Å². The van der Waals surface area contributed by atoms with E-state index >= 15 is 0 Å². The molecule has 1 unspecified atom stereocenters. The molecule has 0 radical (unpaired) electrons. The first-order valence-corrected chi connectivity index (χ1v) is 10.9. The number of hydrogen-bond donors (Lipinski definition) is 1. The highest BCUT2D eigenvalue weighted by atomic mass is 35.5. The molecule has 8 nitrogen and oxygen atoms in total. The van der Waals surface area contributed by atoms with E-state index in [9.17, 15) is 14.4 Å². The van der Waals surface area contributed by atoms with E-state index in [-0.39, 0.29) is 18.2 Å². The predicted octanol–water partition coefficient (Wildman–Crippen LogP) is 3.18. The first-order chi connectivity index (χ1) is 15.9. The molecular formula is C24H21ClN4O4. The second-order valence-electron chi connectivity index (χ2n) is 8.18. The second kappa shape index (κ2) is 8.04. The van der Waals surface area contributed by atoms with Crippen molar-refractivity contribution >= 4 is 29.3 Å². The van der Waals surface area contributed by atoms with Crippen molar-refractivity contribution in [1.29, 1.82) is 0 Å². The molecule has 0 aliphatic carbocycles. The maximum atomic E-state index is 12.9. The molecule has 0 spiro atoms. The van der Waals surface area contributed by atoms with Crippen LogP contribution in [0.15, 0.2) is 42.6 Å². The molecule has 3 heterocycles. The molecule has 33 heavy (non-hydrogen) atoms. The van der Waals surface area contributed by atoms with Gasteiger partial charge in [-0.1, -0.05) is 17.7 Å². The number of benzene rings is 2. The molecule has 1 saturated heterocycles. The molecule has 0 bridgehead atoms. The molecule has 1 fully saturated rings. The van der Waals surface area contributed by atoms with Crippen molar-refractivity contribution in [3.05, 3.63) is 58.7 Å². The standard InChI is InChI=1S/C24H21ClN4O4/c1-28-12-18(26-22(28)17-6-4-15(25)10-20(17)33-2)13-3-5-16-14(9-13)11-29(24(16)32)19-7-8-21(30)27-23(19)31/h3-6,9-10,12,19H,7-8,11H2,1-2H3,(H,27,30,31). The normalized spacial score (nSPS) is 17.8. The largest absolute Gasteiger partial charge is 0.496 e. The summed E-state index contributed by atoms with van der Waals surface area (Å²) in [7, 11) is 3.49. The number of aryl methyl sites for hydroxylation is 1. The number of imide groups is 1. The molecule has 2 aromatic carbocycles. The van der Waals surface area contributed by atoms with Gasteiger partial charge in [-0.25, -0.2) is 4.98 Å². The summed E-state index contributed by atoms with van der Waals surface area (Å²) in [4.78, 5) is 43.0. The van der Waals surface area contributed by atoms with Crippen molar-refractivity contribution in [2.45, 2.75) is 25.4 Å². The Morgan fingerprint density at radius 1 is 1.12 bits per heavy atom. The van der Waals surface area contributed by atoms with Crippen LogP contribution < -0.4 is 10.1 Å². The summed E-state index contributed by atoms with van der Waals surface area (Å²) in [6.07, 6.45) is 2.48. The number of halogens is 1. The maximum Gasteiger partial charge on any atom is 0.255 e. The van der Waals surface area contributed by atoms with Crippen molar-refractivity contribution in [1.82, 2.24) is 19.8 Å². The van der Waals surface area contributed by atoms with E-state index in [1.165, 1.54) is 0 Å². The van der Waals surface area contributed by atoms with Crippen LogP contribution in [0.2, 0.25) is 5.02 Å². The molecule has 1 aromatic heterocycles. The third-order valence-corrected chi connectivity index (χ3v) is 6.34. The molecule has 168 valence electrons. The van der Waals surface area contributed by atoms with Gasteiger partial charge in [0.2, 0.25) is 11.8 Å². The van der Waals surface area contributed by atoms with E-state index in [0.717, 1.165) is 28.2 Å². The molecule has 2 aliphatic heterocycles. The number of hydrogen-bond acceptors (Lipinski definition) is 5. The lowest BCUT2D eigenvalue weighted by atomic mass is 10.0. The summed E-state index contributed by atoms with van der Waals surface area (Å²) in [5.74, 6) is 0.436. The van der Waals surface area contributed by atoms with Crippen LogP contribution in [0, 0.1) is 0 Å². The van der Waals surface area contributed by atoms with Gasteiger partial charge in [0.1, 0.15) is 17.6 Å². The summed E-state index contributed by atoms with van der Waals surface area (Å²) in [5, 5.41) is 2.90. The molecule has 3 amide bonds. The number of aromatic nitrogens is 2. The first-order valence-electron chi connectivity index (χ1n) is 10.5. The lowest BCUT2D eigenvalue weighted by Gasteiger charge is -2.29. The Hall–Kier alpha value is -3.65. The topological polar surface area (TPSA) is 93.5 Å². The van der Waals surface area contributed by atoms with E-state index < -0.39 is 11.9 Å². The van der Waals surface area contributed by atoms with Gasteiger partial charge in [0.05, 0.1) is 18.4 Å². The van der Waals surface area contributed by atoms with Crippen LogP contribution in [0.1, 0.15) is 28.8 Å². The van der Waals surface area contributed by atoms with Crippen LogP contribution in [0.3, 0.4) is 0 Å². The Morgan fingerprint density at radius 3 is 2.67 bits per heavy atom. The van der Waals surface area contributed by atoms with Gasteiger partial charge in [-0.2, -0.15) is 0 Å². The molecule has 0 saturated carbocycles. The highest BCUT2D eigenvalue weighted by Crippen LogP contribution is 2.35. The summed E-state index contributed by atoms with van der Waals surface area (Å²) in [6.45, 7) is 0.318. The number of fused-ring (bicyclic) bond motifs is 1. The highest BCUT2D eigenvalue weighted by molar-refractivity contribution is 6.30. The van der Waals surface area contributed by atoms with Crippen LogP contribution in [-0.2, 0) is 23.2 Å². The average Bonchev–Trinajstić information content (AvgIpc) is 3.33. The Bertz CT molecular complexity index is 1320. The minimum absolute atomic E-state index is 0.196. The fourth-order valence-electron chi connectivity index (χ4n) is 4.44. The number of rotatable bonds is 4. The third-order valence-electron chi connectivity index (χ3n) is 6.10. The van der Waals surface area contributed by atoms with E-state index in [1.807, 2.05) is 36.0 Å². The van der Waals surface area contributed by atoms with Crippen LogP contribution in [-0.4, -0.2) is 45.3 Å². The number of imidazole rings is 1. The molecule has 1 atom stereocenters. The lowest BCUT2D eigenvalue weighted by molar-refractivity contribution is -0.136. The van der Waals surface area contributed by atoms with Gasteiger partial charge in [-0.3, -0.25) is 19.7 Å². The van der Waals surface area contributed by atoms with Gasteiger partial charge in [0, 0.05) is 42.4 Å². The predicted molar refractivity (Wildman–Crippen MR) is 122 cm³/mol. The monoisotopic (exact) mass is 464 g/mol. The van der Waals surface area contributed by atoms with E-state index in [2.05, 4.69) is 5.32 Å². The quantitative estimate of drug-likeness (QED) is 0.598. The second-order valence-corrected chi connectivity index (χ2v) is 8.61. The zero-order valence-electron chi connectivity index (χ0n) is 18.1. The third kappa shape index (κ3) is 3.66. The van der Waals surface area contributed by atoms with Crippen molar-refractivity contribution < 1.29 is 19.1 Å². The van der Waals surface area contributed by atoms with Crippen LogP contribution in [0.25, 0.3) is 22.6 Å². The number of nitrogens with zero attached hydrogens (tertiary/aromatic N) is 3. The van der Waals surface area contributed by atoms with E-state index in [0.29, 0.717) is 29.3 Å². The minimum Gasteiger partial charge on any atom is -0.496 e. The van der Waals surface area contributed by atoms with Gasteiger partial charge in [0.25, 0.3) is 5.91 Å². The lowest BCUT2D eigenvalue weighted by Crippen LogP contribution is -2.52. The number of carbonyl (C=O) groups excluding carboxylic acids is 3. The summed E-state index contributed by atoms with van der Waals surface area (Å²) in [6, 6.07) is 10.3. The number of carbonyl (C=O) groups is 3. The van der Waals surface area contributed by atoms with Gasteiger partial charge in [0.15, 0.2) is 0 Å². The van der Waals surface area contributed by atoms with Crippen molar-refractivity contribution in [2.24, 2.45) is 7.05 Å². The molecule has 9 heteroatoms. The number of nitrogens with one attached hydrogen (secondary N) is 1. The van der Waals surface area contributed by atoms with Crippen LogP contribution in [0.4, 0.5) is 0 Å². The molecular weight excluding hydrogens is 444 g/mol. The summed E-state index contributed by atoms with van der Waals surface area (Å²) < 4.78 is 7.38. The van der Waals surface area contributed by atoms with Crippen molar-refractivity contribution in [3.8, 4) is 28.4 Å². The van der Waals surface area contributed by atoms with Crippen molar-refractivity contribution in [2.75, 3.05) is 7.11 Å². The Balaban J connectivity index is 1.45. The maximum absolute atomic E-state index is 12.9. The number of methoxy groups -OCH3 is 1. The fraction of sp³-hybridized carbons (Fsp3) is 0.250. The number of piperidine rings is 1. The Kier molecular flexibility index (Phi) is 5.17. The number of amides is 3. The molecule has 5 rings (SSSR count). The van der Waals surface area contributed by atoms with Gasteiger partial charge in [-0.15, -0.1) is 0 Å². The van der Waals surface area contributed by atoms with Crippen LogP contribution in [0.5, 0.6) is 5.75 Å². The first kappa shape index (κ1) is 21.2. The summed E-state index contributed by atoms with van der Waals surface area (Å²) in [5.41, 5.74) is 3.83. The Labute approximate surface area is 195 Å².